The number of carboxylic acid groups (broad SMARTS) is 3. The van der Waals surface area contributed by atoms with Gasteiger partial charge in [0.15, 0.2) is 0 Å². The number of nitrogen functional groups attached to an aromatic ring is 1. The van der Waals surface area contributed by atoms with E-state index in [1.165, 1.54) is 0 Å². The molecule has 2 aromatic heterocycles. The molecule has 0 unspecified atom stereocenters. The Hall–Kier alpha value is -6.50. The number of fused-ring (bicyclic) bond motifs is 4. The largest absolute Gasteiger partial charge is 0.481 e. The summed E-state index contributed by atoms with van der Waals surface area (Å²) in [6.45, 7) is 8.14. The molecule has 4 rings (SSSR count). The highest BCUT2D eigenvalue weighted by Crippen LogP contribution is 2.32. The van der Waals surface area contributed by atoms with Crippen molar-refractivity contribution in [1.29, 1.82) is 0 Å². The third kappa shape index (κ3) is 12.7. The maximum Gasteiger partial charge on any atom is 0.303 e. The van der Waals surface area contributed by atoms with Gasteiger partial charge >= 0.3 is 17.9 Å². The Bertz CT molecular complexity index is 2380. The van der Waals surface area contributed by atoms with Crippen LogP contribution < -0.4 is 21.7 Å². The summed E-state index contributed by atoms with van der Waals surface area (Å²) < 4.78 is 0. The van der Waals surface area contributed by atoms with Crippen LogP contribution in [0.25, 0.3) is 22.2 Å². The molecule has 13 nitrogen and oxygen atoms in total. The standard InChI is InChI=1S/C46H56N6O7/c1-27-33(12-21-45(56)57)10-18-38-30(4)36(16-22-46(58)59)42(52-38)26-40(49-6)28(2)32(11-20-44(54)55)9-17-37-29(3)35(41(51-37)25-39(27)48-5)15-19-43(53)50-24-23-31-7-13-34(47)14-8-31/h7-10,13-14,17-18,25-26,48,51H,11-12,15-16,19-24,47H2,1-6H3,(H,50,53)(H,54,55)(H,56,57)(H,58,59). The molecule has 8 N–H and O–H groups in total. The van der Waals surface area contributed by atoms with Gasteiger partial charge in [-0.2, -0.15) is 0 Å². The van der Waals surface area contributed by atoms with Crippen molar-refractivity contribution < 1.29 is 34.5 Å². The van der Waals surface area contributed by atoms with Gasteiger partial charge in [0.25, 0.3) is 0 Å². The van der Waals surface area contributed by atoms with Crippen LogP contribution in [-0.4, -0.2) is 69.7 Å². The average molecular weight is 805 g/mol. The fourth-order valence-electron chi connectivity index (χ4n) is 7.06. The number of amides is 1. The number of carbonyl (C=O) groups is 4. The number of anilines is 2. The summed E-state index contributed by atoms with van der Waals surface area (Å²) in [7, 11) is 3.43. The Kier molecular flexibility index (Phi) is 16.3. The molecule has 4 bridgehead atoms. The molecule has 0 saturated carbocycles. The van der Waals surface area contributed by atoms with Crippen LogP contribution in [0.5, 0.6) is 0 Å². The maximum atomic E-state index is 13.1. The van der Waals surface area contributed by atoms with E-state index in [-0.39, 0.29) is 50.9 Å². The molecule has 3 aromatic rings. The number of hydrogen-bond acceptors (Lipinski definition) is 8. The number of aryl methyl sites for hydroxylation is 4. The highest BCUT2D eigenvalue weighted by atomic mass is 16.4. The zero-order valence-electron chi connectivity index (χ0n) is 34.8. The number of nitrogens with zero attached hydrogens (tertiary/aromatic N) is 2. The van der Waals surface area contributed by atoms with Crippen LogP contribution in [0.4, 0.5) is 11.4 Å². The Morgan fingerprint density at radius 3 is 1.92 bits per heavy atom. The van der Waals surface area contributed by atoms with Crippen LogP contribution in [0.2, 0.25) is 0 Å². The van der Waals surface area contributed by atoms with E-state index in [9.17, 15) is 34.5 Å². The van der Waals surface area contributed by atoms with Crippen molar-refractivity contribution in [2.75, 3.05) is 31.7 Å². The Morgan fingerprint density at radius 1 is 0.695 bits per heavy atom. The summed E-state index contributed by atoms with van der Waals surface area (Å²) in [4.78, 5) is 61.5. The Morgan fingerprint density at radius 2 is 1.31 bits per heavy atom. The van der Waals surface area contributed by atoms with E-state index in [2.05, 4.69) is 20.6 Å². The second kappa shape index (κ2) is 21.3. The maximum absolute atomic E-state index is 13.1. The van der Waals surface area contributed by atoms with Crippen molar-refractivity contribution in [3.8, 4) is 0 Å². The molecule has 13 heteroatoms. The summed E-state index contributed by atoms with van der Waals surface area (Å²) in [5.74, 6) is -2.92. The van der Waals surface area contributed by atoms with Crippen molar-refractivity contribution >= 4 is 57.4 Å². The first-order valence-corrected chi connectivity index (χ1v) is 19.7. The summed E-state index contributed by atoms with van der Waals surface area (Å²) in [5, 5.41) is 35.8. The zero-order valence-corrected chi connectivity index (χ0v) is 34.8. The van der Waals surface area contributed by atoms with Gasteiger partial charge in [-0.1, -0.05) is 24.3 Å². The van der Waals surface area contributed by atoms with Gasteiger partial charge in [-0.3, -0.25) is 24.2 Å². The Balaban J connectivity index is 2.00. The van der Waals surface area contributed by atoms with Gasteiger partial charge in [-0.25, -0.2) is 4.98 Å². The number of rotatable bonds is 16. The van der Waals surface area contributed by atoms with Gasteiger partial charge in [0, 0.05) is 68.7 Å². The number of carbonyl (C=O) groups excluding carboxylic acids is 1. The molecule has 1 amide bonds. The number of nitrogens with two attached hydrogens (primary N) is 1. The lowest BCUT2D eigenvalue weighted by atomic mass is 10.00. The van der Waals surface area contributed by atoms with Gasteiger partial charge in [0.2, 0.25) is 5.91 Å². The third-order valence-corrected chi connectivity index (χ3v) is 10.7. The molecule has 0 saturated heterocycles. The van der Waals surface area contributed by atoms with Crippen molar-refractivity contribution in [3.05, 3.63) is 116 Å². The highest BCUT2D eigenvalue weighted by Gasteiger charge is 2.18. The molecule has 0 atom stereocenters. The van der Waals surface area contributed by atoms with Gasteiger partial charge in [0.05, 0.1) is 16.7 Å². The van der Waals surface area contributed by atoms with Crippen LogP contribution >= 0.6 is 0 Å². The summed E-state index contributed by atoms with van der Waals surface area (Å²) in [6, 6.07) is 18.8. The molecule has 1 aliphatic rings. The van der Waals surface area contributed by atoms with E-state index in [0.29, 0.717) is 41.8 Å². The lowest BCUT2D eigenvalue weighted by molar-refractivity contribution is -0.138. The lowest BCUT2D eigenvalue weighted by Crippen LogP contribution is -2.25. The van der Waals surface area contributed by atoms with Crippen LogP contribution in [0.15, 0.2) is 65.7 Å². The third-order valence-electron chi connectivity index (χ3n) is 10.7. The normalized spacial score (nSPS) is 11.8. The molecule has 0 fully saturated rings. The fourth-order valence-corrected chi connectivity index (χ4v) is 7.06. The number of carboxylic acids is 3. The van der Waals surface area contributed by atoms with Crippen molar-refractivity contribution in [2.45, 2.75) is 85.5 Å². The monoisotopic (exact) mass is 804 g/mol. The topological polar surface area (TPSA) is 220 Å². The quantitative estimate of drug-likeness (QED) is 0.0744. The van der Waals surface area contributed by atoms with Crippen LogP contribution in [0, 0.1) is 20.8 Å². The van der Waals surface area contributed by atoms with E-state index in [0.717, 1.165) is 66.8 Å². The van der Waals surface area contributed by atoms with E-state index >= 15 is 0 Å². The van der Waals surface area contributed by atoms with Crippen LogP contribution in [0.1, 0.15) is 89.4 Å². The van der Waals surface area contributed by atoms with Gasteiger partial charge in [-0.05, 0) is 146 Å². The number of aliphatic carboxylic acids is 3. The number of allylic oxidation sites excluding steroid dienone is 2. The van der Waals surface area contributed by atoms with Crippen LogP contribution in [-0.2, 0) is 44.9 Å². The number of benzene rings is 1. The first kappa shape index (κ1) is 45.2. The van der Waals surface area contributed by atoms with Gasteiger partial charge < -0.3 is 36.7 Å². The van der Waals surface area contributed by atoms with Crippen molar-refractivity contribution in [2.24, 2.45) is 4.99 Å². The second-order valence-corrected chi connectivity index (χ2v) is 14.6. The molecule has 0 radical (unpaired) electrons. The fraction of sp³-hybridized carbons (Fsp3) is 0.348. The molecular weight excluding hydrogens is 749 g/mol. The number of hydrogen-bond donors (Lipinski definition) is 7. The summed E-state index contributed by atoms with van der Waals surface area (Å²) >= 11 is 0. The number of aromatic nitrogens is 2. The van der Waals surface area contributed by atoms with Gasteiger partial charge in [-0.15, -0.1) is 0 Å². The lowest BCUT2D eigenvalue weighted by Gasteiger charge is -2.09. The minimum atomic E-state index is -0.943. The first-order valence-electron chi connectivity index (χ1n) is 19.7. The number of aromatic amines is 1. The predicted octanol–water partition coefficient (Wildman–Crippen LogP) is 6.89. The second-order valence-electron chi connectivity index (χ2n) is 14.6. The van der Waals surface area contributed by atoms with E-state index < -0.39 is 17.9 Å². The molecule has 1 aliphatic heterocycles. The highest BCUT2D eigenvalue weighted by molar-refractivity contribution is 5.92. The SMILES string of the molecule is CN=c1cc2nc(ccc(CCC(=O)O)c(C)c(NC)cc3[nH]c(ccc(CCC(=O)O)c1C)c(C)c3CCC(=O)NCCc1ccc(N)cc1)C(C)=C2CCC(=O)O. The van der Waals surface area contributed by atoms with Crippen LogP contribution in [0.3, 0.4) is 0 Å². The summed E-state index contributed by atoms with van der Waals surface area (Å²) in [5.41, 5.74) is 17.4. The summed E-state index contributed by atoms with van der Waals surface area (Å²) in [6.07, 6.45) is 1.69. The number of nitrogens with one attached hydrogen (secondary N) is 3. The smallest absolute Gasteiger partial charge is 0.303 e. The minimum absolute atomic E-state index is 0.0905. The average Bonchev–Trinajstić information content (AvgIpc) is 3.66. The molecule has 3 heterocycles. The molecule has 1 aromatic carbocycles. The Labute approximate surface area is 344 Å². The van der Waals surface area contributed by atoms with E-state index in [4.69, 9.17) is 10.7 Å². The zero-order chi connectivity index (χ0) is 43.2. The van der Waals surface area contributed by atoms with Crippen molar-refractivity contribution in [1.82, 2.24) is 15.3 Å². The van der Waals surface area contributed by atoms with Gasteiger partial charge in [0.1, 0.15) is 0 Å². The molecule has 0 aliphatic carbocycles. The predicted molar refractivity (Wildman–Crippen MR) is 233 cm³/mol. The molecule has 0 spiro atoms. The van der Waals surface area contributed by atoms with E-state index in [1.807, 2.05) is 82.3 Å². The number of H-pyrrole nitrogens is 1. The molecular formula is C46H56N6O7. The van der Waals surface area contributed by atoms with E-state index in [1.54, 1.807) is 20.2 Å². The molecule has 59 heavy (non-hydrogen) atoms. The minimum Gasteiger partial charge on any atom is -0.481 e. The molecule has 312 valence electrons. The van der Waals surface area contributed by atoms with Crippen molar-refractivity contribution in [3.63, 3.8) is 0 Å². The first-order chi connectivity index (χ1) is 28.1.